The van der Waals surface area contributed by atoms with Crippen molar-refractivity contribution in [2.75, 3.05) is 7.11 Å². The highest BCUT2D eigenvalue weighted by Gasteiger charge is 2.32. The molecule has 0 heterocycles. The first-order valence-corrected chi connectivity index (χ1v) is 7.10. The Labute approximate surface area is 118 Å². The third-order valence-corrected chi connectivity index (χ3v) is 4.26. The lowest BCUT2D eigenvalue weighted by Crippen LogP contribution is -2.32. The van der Waals surface area contributed by atoms with Crippen molar-refractivity contribution in [3.63, 3.8) is 0 Å². The van der Waals surface area contributed by atoms with Crippen LogP contribution in [-0.4, -0.2) is 24.3 Å². The van der Waals surface area contributed by atoms with Crippen LogP contribution in [0.4, 0.5) is 4.39 Å². The minimum absolute atomic E-state index is 0.135. The Balaban J connectivity index is 2.06. The molecule has 110 valence electrons. The number of carbonyl (C=O) groups is 1. The van der Waals surface area contributed by atoms with Crippen LogP contribution >= 0.6 is 0 Å². The van der Waals surface area contributed by atoms with Crippen molar-refractivity contribution in [1.82, 2.24) is 0 Å². The monoisotopic (exact) mass is 280 g/mol. The van der Waals surface area contributed by atoms with E-state index in [2.05, 4.69) is 0 Å². The SMILES string of the molecule is COC1CCCC(C(Cc2ccc(F)cc2)C(=O)O)C1. The van der Waals surface area contributed by atoms with E-state index in [0.29, 0.717) is 6.42 Å². The number of rotatable bonds is 5. The molecule has 1 aliphatic rings. The zero-order valence-electron chi connectivity index (χ0n) is 11.7. The number of hydrogen-bond donors (Lipinski definition) is 1. The molecule has 1 aromatic carbocycles. The van der Waals surface area contributed by atoms with Gasteiger partial charge in [-0.1, -0.05) is 18.6 Å². The van der Waals surface area contributed by atoms with Gasteiger partial charge in [-0.05, 0) is 49.3 Å². The summed E-state index contributed by atoms with van der Waals surface area (Å²) in [5.74, 6) is -1.34. The third-order valence-electron chi connectivity index (χ3n) is 4.26. The highest BCUT2D eigenvalue weighted by atomic mass is 19.1. The van der Waals surface area contributed by atoms with E-state index in [0.717, 1.165) is 31.2 Å². The van der Waals surface area contributed by atoms with Gasteiger partial charge >= 0.3 is 5.97 Å². The third kappa shape index (κ3) is 3.79. The number of hydrogen-bond acceptors (Lipinski definition) is 2. The topological polar surface area (TPSA) is 46.5 Å². The maximum Gasteiger partial charge on any atom is 0.307 e. The summed E-state index contributed by atoms with van der Waals surface area (Å²) in [6.07, 6.45) is 4.37. The Hall–Kier alpha value is -1.42. The Kier molecular flexibility index (Phi) is 5.12. The molecule has 0 amide bonds. The molecule has 1 aromatic rings. The maximum absolute atomic E-state index is 12.9. The lowest BCUT2D eigenvalue weighted by molar-refractivity contribution is -0.144. The summed E-state index contributed by atoms with van der Waals surface area (Å²) in [5.41, 5.74) is 0.873. The fourth-order valence-electron chi connectivity index (χ4n) is 3.09. The molecule has 1 aliphatic carbocycles. The number of benzene rings is 1. The second-order valence-corrected chi connectivity index (χ2v) is 5.56. The Morgan fingerprint density at radius 2 is 2.10 bits per heavy atom. The molecule has 1 fully saturated rings. The molecule has 2 rings (SSSR count). The normalized spacial score (nSPS) is 24.3. The second kappa shape index (κ2) is 6.84. The molecule has 0 saturated heterocycles. The molecule has 0 aromatic heterocycles. The minimum Gasteiger partial charge on any atom is -0.481 e. The van der Waals surface area contributed by atoms with E-state index < -0.39 is 11.9 Å². The summed E-state index contributed by atoms with van der Waals surface area (Å²) < 4.78 is 18.3. The van der Waals surface area contributed by atoms with Crippen molar-refractivity contribution in [3.8, 4) is 0 Å². The van der Waals surface area contributed by atoms with Crippen molar-refractivity contribution in [1.29, 1.82) is 0 Å². The van der Waals surface area contributed by atoms with Crippen molar-refractivity contribution in [2.24, 2.45) is 11.8 Å². The molecule has 3 nitrogen and oxygen atoms in total. The molecule has 3 atom stereocenters. The van der Waals surface area contributed by atoms with Crippen LogP contribution in [0.25, 0.3) is 0 Å². The molecule has 0 spiro atoms. The number of carboxylic acid groups (broad SMARTS) is 1. The number of aliphatic carboxylic acids is 1. The van der Waals surface area contributed by atoms with E-state index in [1.165, 1.54) is 12.1 Å². The van der Waals surface area contributed by atoms with Crippen LogP contribution in [0.2, 0.25) is 0 Å². The largest absolute Gasteiger partial charge is 0.481 e. The predicted octanol–water partition coefficient (Wildman–Crippen LogP) is 3.27. The van der Waals surface area contributed by atoms with Gasteiger partial charge in [0.2, 0.25) is 0 Å². The van der Waals surface area contributed by atoms with E-state index >= 15 is 0 Å². The average molecular weight is 280 g/mol. The average Bonchev–Trinajstić information content (AvgIpc) is 2.46. The van der Waals surface area contributed by atoms with Crippen molar-refractivity contribution >= 4 is 5.97 Å². The summed E-state index contributed by atoms with van der Waals surface area (Å²) in [4.78, 5) is 11.6. The number of methoxy groups -OCH3 is 1. The van der Waals surface area contributed by atoms with Crippen molar-refractivity contribution in [2.45, 2.75) is 38.2 Å². The highest BCUT2D eigenvalue weighted by molar-refractivity contribution is 5.70. The zero-order valence-corrected chi connectivity index (χ0v) is 11.7. The minimum atomic E-state index is -0.768. The number of carboxylic acids is 1. The first-order valence-electron chi connectivity index (χ1n) is 7.10. The summed E-state index contributed by atoms with van der Waals surface area (Å²) in [6, 6.07) is 6.10. The van der Waals surface area contributed by atoms with Crippen LogP contribution < -0.4 is 0 Å². The van der Waals surface area contributed by atoms with Crippen molar-refractivity contribution < 1.29 is 19.0 Å². The van der Waals surface area contributed by atoms with Crippen LogP contribution in [0.5, 0.6) is 0 Å². The molecular weight excluding hydrogens is 259 g/mol. The van der Waals surface area contributed by atoms with Gasteiger partial charge in [-0.2, -0.15) is 0 Å². The van der Waals surface area contributed by atoms with E-state index in [-0.39, 0.29) is 17.8 Å². The van der Waals surface area contributed by atoms with E-state index in [1.807, 2.05) is 0 Å². The molecule has 0 aliphatic heterocycles. The predicted molar refractivity (Wildman–Crippen MR) is 74.0 cm³/mol. The van der Waals surface area contributed by atoms with Gasteiger partial charge in [0, 0.05) is 7.11 Å². The molecule has 3 unspecified atom stereocenters. The van der Waals surface area contributed by atoms with Crippen molar-refractivity contribution in [3.05, 3.63) is 35.6 Å². The standard InChI is InChI=1S/C16H21FO3/c1-20-14-4-2-3-12(10-14)15(16(18)19)9-11-5-7-13(17)8-6-11/h5-8,12,14-15H,2-4,9-10H2,1H3,(H,18,19). The highest BCUT2D eigenvalue weighted by Crippen LogP contribution is 2.33. The van der Waals surface area contributed by atoms with E-state index in [4.69, 9.17) is 4.74 Å². The summed E-state index contributed by atoms with van der Waals surface area (Å²) in [7, 11) is 1.68. The van der Waals surface area contributed by atoms with Gasteiger partial charge < -0.3 is 9.84 Å². The molecule has 1 N–H and O–H groups in total. The maximum atomic E-state index is 12.9. The van der Waals surface area contributed by atoms with Crippen LogP contribution in [0.1, 0.15) is 31.2 Å². The fraction of sp³-hybridized carbons (Fsp3) is 0.562. The molecule has 1 saturated carbocycles. The van der Waals surface area contributed by atoms with Gasteiger partial charge in [0.1, 0.15) is 5.82 Å². The van der Waals surface area contributed by atoms with Gasteiger partial charge in [-0.3, -0.25) is 4.79 Å². The van der Waals surface area contributed by atoms with Crippen LogP contribution in [-0.2, 0) is 16.0 Å². The first kappa shape index (κ1) is 15.0. The molecular formula is C16H21FO3. The van der Waals surface area contributed by atoms with Gasteiger partial charge in [0.05, 0.1) is 12.0 Å². The lowest BCUT2D eigenvalue weighted by atomic mass is 9.76. The van der Waals surface area contributed by atoms with Gasteiger partial charge in [-0.25, -0.2) is 4.39 Å². The van der Waals surface area contributed by atoms with Gasteiger partial charge in [-0.15, -0.1) is 0 Å². The first-order chi connectivity index (χ1) is 9.60. The smallest absolute Gasteiger partial charge is 0.307 e. The fourth-order valence-corrected chi connectivity index (χ4v) is 3.09. The van der Waals surface area contributed by atoms with Crippen LogP contribution in [0.3, 0.4) is 0 Å². The van der Waals surface area contributed by atoms with Gasteiger partial charge in [0.15, 0.2) is 0 Å². The van der Waals surface area contributed by atoms with E-state index in [9.17, 15) is 14.3 Å². The zero-order chi connectivity index (χ0) is 14.5. The summed E-state index contributed by atoms with van der Waals surface area (Å²) in [6.45, 7) is 0. The van der Waals surface area contributed by atoms with Crippen LogP contribution in [0.15, 0.2) is 24.3 Å². The second-order valence-electron chi connectivity index (χ2n) is 5.56. The molecule has 0 radical (unpaired) electrons. The Bertz CT molecular complexity index is 444. The molecule has 0 bridgehead atoms. The van der Waals surface area contributed by atoms with E-state index in [1.54, 1.807) is 19.2 Å². The van der Waals surface area contributed by atoms with Gasteiger partial charge in [0.25, 0.3) is 0 Å². The molecule has 20 heavy (non-hydrogen) atoms. The molecule has 4 heteroatoms. The number of halogens is 1. The number of ether oxygens (including phenoxy) is 1. The Morgan fingerprint density at radius 1 is 1.40 bits per heavy atom. The lowest BCUT2D eigenvalue weighted by Gasteiger charge is -2.32. The Morgan fingerprint density at radius 3 is 2.70 bits per heavy atom. The van der Waals surface area contributed by atoms with Crippen LogP contribution in [0, 0.1) is 17.7 Å². The summed E-state index contributed by atoms with van der Waals surface area (Å²) in [5, 5.41) is 9.49. The summed E-state index contributed by atoms with van der Waals surface area (Å²) >= 11 is 0. The quantitative estimate of drug-likeness (QED) is 0.900.